The summed E-state index contributed by atoms with van der Waals surface area (Å²) in [5.74, 6) is 0. The van der Waals surface area contributed by atoms with E-state index in [2.05, 4.69) is 31.8 Å². The Morgan fingerprint density at radius 1 is 1.16 bits per heavy atom. The minimum absolute atomic E-state index is 0.253. The Labute approximate surface area is 123 Å². The molecule has 0 aliphatic carbocycles. The van der Waals surface area contributed by atoms with Crippen LogP contribution < -0.4 is 5.73 Å². The predicted octanol–water partition coefficient (Wildman–Crippen LogP) is 1.53. The summed E-state index contributed by atoms with van der Waals surface area (Å²) < 4.78 is 0.959. The first-order valence-corrected chi connectivity index (χ1v) is 7.58. The monoisotopic (exact) mass is 327 g/mol. The molecule has 5 heteroatoms. The van der Waals surface area contributed by atoms with Crippen molar-refractivity contribution in [1.82, 2.24) is 9.80 Å². The molecule has 0 bridgehead atoms. The molecule has 1 aliphatic rings. The summed E-state index contributed by atoms with van der Waals surface area (Å²) in [4.78, 5) is 4.79. The Morgan fingerprint density at radius 3 is 2.63 bits per heavy atom. The molecule has 19 heavy (non-hydrogen) atoms. The van der Waals surface area contributed by atoms with E-state index in [1.165, 1.54) is 5.56 Å². The van der Waals surface area contributed by atoms with E-state index >= 15 is 0 Å². The minimum Gasteiger partial charge on any atom is -0.398 e. The van der Waals surface area contributed by atoms with Crippen LogP contribution in [0.1, 0.15) is 12.0 Å². The number of nitrogen functional groups attached to an aromatic ring is 1. The van der Waals surface area contributed by atoms with Gasteiger partial charge in [0.1, 0.15) is 0 Å². The van der Waals surface area contributed by atoms with Crippen LogP contribution in [0.25, 0.3) is 0 Å². The third kappa shape index (κ3) is 4.45. The molecule has 1 aromatic carbocycles. The molecule has 1 saturated heterocycles. The van der Waals surface area contributed by atoms with Crippen molar-refractivity contribution in [2.24, 2.45) is 0 Å². The molecule has 0 aromatic heterocycles. The molecule has 0 atom stereocenters. The molecule has 0 spiro atoms. The molecule has 3 N–H and O–H groups in total. The van der Waals surface area contributed by atoms with Gasteiger partial charge < -0.3 is 10.8 Å². The van der Waals surface area contributed by atoms with Gasteiger partial charge in [-0.05, 0) is 53.1 Å². The number of aliphatic hydroxyl groups excluding tert-OH is 1. The molecule has 2 rings (SSSR count). The largest absolute Gasteiger partial charge is 0.398 e. The van der Waals surface area contributed by atoms with Crippen LogP contribution in [-0.2, 0) is 6.54 Å². The van der Waals surface area contributed by atoms with E-state index in [0.717, 1.165) is 55.8 Å². The van der Waals surface area contributed by atoms with E-state index in [0.29, 0.717) is 0 Å². The van der Waals surface area contributed by atoms with E-state index < -0.39 is 0 Å². The summed E-state index contributed by atoms with van der Waals surface area (Å²) >= 11 is 3.42. The summed E-state index contributed by atoms with van der Waals surface area (Å²) in [5, 5.41) is 8.99. The lowest BCUT2D eigenvalue weighted by atomic mass is 10.2. The van der Waals surface area contributed by atoms with Gasteiger partial charge in [-0.1, -0.05) is 6.07 Å². The Hall–Kier alpha value is -0.620. The summed E-state index contributed by atoms with van der Waals surface area (Å²) in [5.41, 5.74) is 7.98. The molecule has 1 fully saturated rings. The topological polar surface area (TPSA) is 52.7 Å². The fourth-order valence-corrected chi connectivity index (χ4v) is 2.74. The van der Waals surface area contributed by atoms with Crippen LogP contribution in [0.3, 0.4) is 0 Å². The number of hydrogen-bond donors (Lipinski definition) is 2. The lowest BCUT2D eigenvalue weighted by Gasteiger charge is -2.21. The van der Waals surface area contributed by atoms with Gasteiger partial charge in [0.2, 0.25) is 0 Å². The first-order valence-electron chi connectivity index (χ1n) is 6.78. The van der Waals surface area contributed by atoms with Crippen LogP contribution in [0.4, 0.5) is 5.69 Å². The zero-order valence-electron chi connectivity index (χ0n) is 11.2. The third-order valence-corrected chi connectivity index (χ3v) is 4.29. The third-order valence-electron chi connectivity index (χ3n) is 3.56. The van der Waals surface area contributed by atoms with Gasteiger partial charge in [0.25, 0.3) is 0 Å². The normalized spacial score (nSPS) is 18.4. The van der Waals surface area contributed by atoms with Crippen molar-refractivity contribution in [2.45, 2.75) is 13.0 Å². The number of nitrogens with two attached hydrogens (primary N) is 1. The van der Waals surface area contributed by atoms with Crippen molar-refractivity contribution in [3.05, 3.63) is 28.2 Å². The number of hydrogen-bond acceptors (Lipinski definition) is 4. The number of rotatable bonds is 4. The molecule has 1 aliphatic heterocycles. The lowest BCUT2D eigenvalue weighted by Crippen LogP contribution is -2.32. The lowest BCUT2D eigenvalue weighted by molar-refractivity contribution is 0.196. The van der Waals surface area contributed by atoms with Crippen LogP contribution in [0.15, 0.2) is 22.7 Å². The zero-order chi connectivity index (χ0) is 13.7. The number of β-amino-alcohol motifs (C(OH)–C–C–N with tert-alkyl or cyclic N) is 1. The van der Waals surface area contributed by atoms with Crippen LogP contribution in [0, 0.1) is 0 Å². The number of anilines is 1. The highest BCUT2D eigenvalue weighted by Crippen LogP contribution is 2.21. The van der Waals surface area contributed by atoms with Crippen LogP contribution in [0.5, 0.6) is 0 Å². The molecule has 1 heterocycles. The Morgan fingerprint density at radius 2 is 1.89 bits per heavy atom. The smallest absolute Gasteiger partial charge is 0.0558 e. The number of nitrogens with zero attached hydrogens (tertiary/aromatic N) is 2. The second-order valence-electron chi connectivity index (χ2n) is 5.05. The van der Waals surface area contributed by atoms with Crippen molar-refractivity contribution in [3.63, 3.8) is 0 Å². The second-order valence-corrected chi connectivity index (χ2v) is 5.91. The maximum absolute atomic E-state index is 8.99. The van der Waals surface area contributed by atoms with Gasteiger partial charge in [0.15, 0.2) is 0 Å². The maximum Gasteiger partial charge on any atom is 0.0558 e. The van der Waals surface area contributed by atoms with Crippen LogP contribution in [-0.4, -0.2) is 54.2 Å². The van der Waals surface area contributed by atoms with Gasteiger partial charge in [0.05, 0.1) is 6.61 Å². The highest BCUT2D eigenvalue weighted by Gasteiger charge is 2.14. The summed E-state index contributed by atoms with van der Waals surface area (Å²) in [7, 11) is 0. The van der Waals surface area contributed by atoms with Gasteiger partial charge in [-0.2, -0.15) is 0 Å². The van der Waals surface area contributed by atoms with Crippen molar-refractivity contribution < 1.29 is 5.11 Å². The van der Waals surface area contributed by atoms with E-state index in [9.17, 15) is 0 Å². The molecule has 0 unspecified atom stereocenters. The second kappa shape index (κ2) is 7.24. The number of benzene rings is 1. The minimum atomic E-state index is 0.253. The molecule has 0 radical (unpaired) electrons. The zero-order valence-corrected chi connectivity index (χ0v) is 12.8. The van der Waals surface area contributed by atoms with Crippen molar-refractivity contribution in [1.29, 1.82) is 0 Å². The van der Waals surface area contributed by atoms with Crippen molar-refractivity contribution in [2.75, 3.05) is 45.1 Å². The Kier molecular flexibility index (Phi) is 5.63. The molecular formula is C14H22BrN3O. The molecule has 106 valence electrons. The Bertz CT molecular complexity index is 414. The van der Waals surface area contributed by atoms with E-state index in [1.54, 1.807) is 0 Å². The molecule has 1 aromatic rings. The maximum atomic E-state index is 8.99. The SMILES string of the molecule is Nc1cc(CN2CCCN(CCO)CC2)ccc1Br. The van der Waals surface area contributed by atoms with Gasteiger partial charge in [0, 0.05) is 36.3 Å². The predicted molar refractivity (Wildman–Crippen MR) is 82.0 cm³/mol. The summed E-state index contributed by atoms with van der Waals surface area (Å²) in [6, 6.07) is 6.18. The Balaban J connectivity index is 1.90. The highest BCUT2D eigenvalue weighted by molar-refractivity contribution is 9.10. The average molecular weight is 328 g/mol. The van der Waals surface area contributed by atoms with E-state index in [-0.39, 0.29) is 6.61 Å². The standard InChI is InChI=1S/C14H22BrN3O/c15-13-3-2-12(10-14(13)16)11-18-5-1-4-17(6-7-18)8-9-19/h2-3,10,19H,1,4-9,11,16H2. The molecular weight excluding hydrogens is 306 g/mol. The first kappa shape index (κ1) is 14.8. The molecule has 0 amide bonds. The fourth-order valence-electron chi connectivity index (χ4n) is 2.50. The molecule has 0 saturated carbocycles. The fraction of sp³-hybridized carbons (Fsp3) is 0.571. The van der Waals surface area contributed by atoms with Crippen LogP contribution >= 0.6 is 15.9 Å². The van der Waals surface area contributed by atoms with Crippen molar-refractivity contribution >= 4 is 21.6 Å². The van der Waals surface area contributed by atoms with Crippen LogP contribution in [0.2, 0.25) is 0 Å². The first-order chi connectivity index (χ1) is 9.19. The molecule has 4 nitrogen and oxygen atoms in total. The number of aliphatic hydroxyl groups is 1. The highest BCUT2D eigenvalue weighted by atomic mass is 79.9. The average Bonchev–Trinajstić information content (AvgIpc) is 2.60. The summed E-state index contributed by atoms with van der Waals surface area (Å²) in [6.07, 6.45) is 1.16. The van der Waals surface area contributed by atoms with E-state index in [1.807, 2.05) is 12.1 Å². The van der Waals surface area contributed by atoms with Gasteiger partial charge in [-0.15, -0.1) is 0 Å². The van der Waals surface area contributed by atoms with E-state index in [4.69, 9.17) is 10.8 Å². The number of halogens is 1. The van der Waals surface area contributed by atoms with Gasteiger partial charge >= 0.3 is 0 Å². The summed E-state index contributed by atoms with van der Waals surface area (Å²) in [6.45, 7) is 6.27. The van der Waals surface area contributed by atoms with Gasteiger partial charge in [-0.25, -0.2) is 0 Å². The quantitative estimate of drug-likeness (QED) is 0.823. The van der Waals surface area contributed by atoms with Gasteiger partial charge in [-0.3, -0.25) is 9.80 Å². The van der Waals surface area contributed by atoms with Crippen molar-refractivity contribution in [3.8, 4) is 0 Å².